The zero-order chi connectivity index (χ0) is 26.6. The van der Waals surface area contributed by atoms with Crippen molar-refractivity contribution < 1.29 is 35.2 Å². The number of alkyl halides is 4. The van der Waals surface area contributed by atoms with Crippen LogP contribution in [0.15, 0.2) is 71.5 Å². The Bertz CT molecular complexity index is 1460. The number of hydrogen-bond donors (Lipinski definition) is 0. The van der Waals surface area contributed by atoms with Gasteiger partial charge in [-0.15, -0.1) is 10.2 Å². The quantitative estimate of drug-likeness (QED) is 0.207. The zero-order valence-electron chi connectivity index (χ0n) is 18.9. The second kappa shape index (κ2) is 10.9. The van der Waals surface area contributed by atoms with Crippen LogP contribution in [0.1, 0.15) is 28.4 Å². The lowest BCUT2D eigenvalue weighted by molar-refractivity contribution is 0.0668. The van der Waals surface area contributed by atoms with Gasteiger partial charge in [0.05, 0.1) is 30.5 Å². The summed E-state index contributed by atoms with van der Waals surface area (Å²) in [5, 5.41) is 6.86. The van der Waals surface area contributed by atoms with Crippen LogP contribution in [0.25, 0.3) is 11.5 Å². The Hall–Kier alpha value is -4.07. The summed E-state index contributed by atoms with van der Waals surface area (Å²) in [6.45, 7) is -0.368. The van der Waals surface area contributed by atoms with Crippen LogP contribution >= 0.6 is 0 Å². The maximum absolute atomic E-state index is 13.4. The van der Waals surface area contributed by atoms with E-state index in [9.17, 15) is 30.8 Å². The first-order valence-corrected chi connectivity index (χ1v) is 12.4. The minimum atomic E-state index is -4.02. The molecule has 0 saturated carbocycles. The van der Waals surface area contributed by atoms with Crippen LogP contribution in [0, 0.1) is 0 Å². The van der Waals surface area contributed by atoms with Crippen LogP contribution < -0.4 is 4.31 Å². The number of carbonyl (C=O) groups excluding carboxylic acids is 1. The molecular weight excluding hydrogens is 518 g/mol. The minimum Gasteiger partial charge on any atom is -0.415 e. The molecule has 4 rings (SSSR count). The maximum atomic E-state index is 13.4. The van der Waals surface area contributed by atoms with E-state index in [-0.39, 0.29) is 24.7 Å². The van der Waals surface area contributed by atoms with E-state index in [1.807, 2.05) is 0 Å². The Morgan fingerprint density at radius 2 is 1.70 bits per heavy atom. The second-order valence-electron chi connectivity index (χ2n) is 7.74. The fourth-order valence-electron chi connectivity index (χ4n) is 3.44. The van der Waals surface area contributed by atoms with E-state index in [2.05, 4.69) is 15.2 Å². The molecule has 0 atom stereocenters. The molecule has 2 aromatic carbocycles. The van der Waals surface area contributed by atoms with Gasteiger partial charge < -0.3 is 8.98 Å². The van der Waals surface area contributed by atoms with E-state index < -0.39 is 40.3 Å². The van der Waals surface area contributed by atoms with Crippen molar-refractivity contribution >= 4 is 21.5 Å². The predicted molar refractivity (Wildman–Crippen MR) is 124 cm³/mol. The smallest absolute Gasteiger partial charge is 0.314 e. The Labute approximate surface area is 208 Å². The second-order valence-corrected chi connectivity index (χ2v) is 9.75. The summed E-state index contributed by atoms with van der Waals surface area (Å²) in [7, 11) is -4.02. The third-order valence-corrected chi connectivity index (χ3v) is 7.00. The van der Waals surface area contributed by atoms with E-state index in [0.717, 1.165) is 21.4 Å². The van der Waals surface area contributed by atoms with Crippen LogP contribution in [-0.4, -0.2) is 46.1 Å². The molecule has 0 spiro atoms. The van der Waals surface area contributed by atoms with Crippen LogP contribution in [0.3, 0.4) is 0 Å². The average Bonchev–Trinajstić information content (AvgIpc) is 3.57. The molecule has 4 aromatic rings. The number of benzene rings is 2. The lowest BCUT2D eigenvalue weighted by Gasteiger charge is -2.25. The van der Waals surface area contributed by atoms with Gasteiger partial charge in [0.1, 0.15) is 5.69 Å². The number of carbonyl (C=O) groups is 1. The van der Waals surface area contributed by atoms with Crippen molar-refractivity contribution in [1.82, 2.24) is 19.7 Å². The molecule has 14 heteroatoms. The first-order valence-electron chi connectivity index (χ1n) is 10.7. The molecule has 0 saturated heterocycles. The normalized spacial score (nSPS) is 11.8. The average molecular weight is 537 g/mol. The first-order chi connectivity index (χ1) is 17.7. The van der Waals surface area contributed by atoms with Gasteiger partial charge >= 0.3 is 12.9 Å². The number of aryl methyl sites for hydroxylation is 1. The molecule has 0 unspecified atom stereocenters. The Morgan fingerprint density at radius 3 is 2.32 bits per heavy atom. The van der Waals surface area contributed by atoms with Crippen molar-refractivity contribution in [1.29, 1.82) is 0 Å². The minimum absolute atomic E-state index is 0.0918. The van der Waals surface area contributed by atoms with E-state index in [1.54, 1.807) is 42.5 Å². The highest BCUT2D eigenvalue weighted by Gasteiger charge is 2.26. The number of Topliss-reactive ketones (excluding diaryl/α,β-unsaturated/α-hetero) is 1. The molecule has 2 aromatic heterocycles. The van der Waals surface area contributed by atoms with Gasteiger partial charge in [-0.05, 0) is 29.8 Å². The van der Waals surface area contributed by atoms with E-state index in [1.165, 1.54) is 12.1 Å². The van der Waals surface area contributed by atoms with Crippen molar-refractivity contribution in [3.8, 4) is 11.5 Å². The number of anilines is 1. The van der Waals surface area contributed by atoms with E-state index >= 15 is 0 Å². The molecule has 194 valence electrons. The van der Waals surface area contributed by atoms with Gasteiger partial charge in [-0.25, -0.2) is 22.2 Å². The monoisotopic (exact) mass is 537 g/mol. The number of aromatic nitrogens is 4. The largest absolute Gasteiger partial charge is 0.415 e. The maximum Gasteiger partial charge on any atom is 0.314 e. The van der Waals surface area contributed by atoms with Gasteiger partial charge in [-0.1, -0.05) is 30.3 Å². The number of sulfonamides is 1. The summed E-state index contributed by atoms with van der Waals surface area (Å²) in [6, 6.07) is 14.5. The number of hydrogen-bond acceptors (Lipinski definition) is 7. The van der Waals surface area contributed by atoms with Crippen LogP contribution in [0.5, 0.6) is 0 Å². The fourth-order valence-corrected chi connectivity index (χ4v) is 4.88. The number of nitrogens with zero attached hydrogens (tertiary/aromatic N) is 5. The van der Waals surface area contributed by atoms with Crippen molar-refractivity contribution in [2.45, 2.75) is 25.9 Å². The summed E-state index contributed by atoms with van der Waals surface area (Å²) >= 11 is 0. The number of imidazole rings is 1. The van der Waals surface area contributed by atoms with Gasteiger partial charge in [0.2, 0.25) is 21.7 Å². The molecular formula is C23H19F4N5O4S. The summed E-state index contributed by atoms with van der Waals surface area (Å²) in [5.41, 5.74) is 0.900. The molecule has 2 heterocycles. The van der Waals surface area contributed by atoms with Crippen LogP contribution in [0.4, 0.5) is 23.2 Å². The molecule has 0 amide bonds. The SMILES string of the molecule is O=C(c1cncn1CCS(=O)(=O)N(Cc1ccc(-c2nnc(C(F)F)o2)cc1)c1ccccc1)C(F)F. The highest BCUT2D eigenvalue weighted by Crippen LogP contribution is 2.26. The molecule has 0 aliphatic carbocycles. The van der Waals surface area contributed by atoms with Crippen molar-refractivity contribution in [2.75, 3.05) is 10.1 Å². The van der Waals surface area contributed by atoms with Gasteiger partial charge in [0, 0.05) is 12.1 Å². The third kappa shape index (κ3) is 6.02. The summed E-state index contributed by atoms with van der Waals surface area (Å²) in [6.07, 6.45) is -4.07. The fraction of sp³-hybridized carbons (Fsp3) is 0.217. The number of ketones is 1. The highest BCUT2D eigenvalue weighted by atomic mass is 32.2. The highest BCUT2D eigenvalue weighted by molar-refractivity contribution is 7.92. The van der Waals surface area contributed by atoms with Crippen LogP contribution in [0.2, 0.25) is 0 Å². The third-order valence-electron chi connectivity index (χ3n) is 5.29. The molecule has 37 heavy (non-hydrogen) atoms. The molecule has 9 nitrogen and oxygen atoms in total. The first kappa shape index (κ1) is 26.0. The summed E-state index contributed by atoms with van der Waals surface area (Å²) < 4.78 is 85.0. The van der Waals surface area contributed by atoms with Crippen molar-refractivity contribution in [2.24, 2.45) is 0 Å². The molecule has 0 aliphatic rings. The van der Waals surface area contributed by atoms with Gasteiger partial charge in [0.15, 0.2) is 0 Å². The summed E-state index contributed by atoms with van der Waals surface area (Å²) in [4.78, 5) is 15.4. The van der Waals surface area contributed by atoms with E-state index in [4.69, 9.17) is 4.42 Å². The van der Waals surface area contributed by atoms with Crippen molar-refractivity contribution in [3.63, 3.8) is 0 Å². The number of rotatable bonds is 11. The van der Waals surface area contributed by atoms with Crippen molar-refractivity contribution in [3.05, 3.63) is 84.3 Å². The van der Waals surface area contributed by atoms with Gasteiger partial charge in [-0.2, -0.15) is 8.78 Å². The molecule has 0 N–H and O–H groups in total. The Balaban J connectivity index is 1.55. The van der Waals surface area contributed by atoms with E-state index in [0.29, 0.717) is 16.8 Å². The number of para-hydroxylation sites is 1. The molecule has 0 radical (unpaired) electrons. The molecule has 0 bridgehead atoms. The zero-order valence-corrected chi connectivity index (χ0v) is 19.7. The Kier molecular flexibility index (Phi) is 7.66. The lowest BCUT2D eigenvalue weighted by atomic mass is 10.1. The predicted octanol–water partition coefficient (Wildman–Crippen LogP) is 4.36. The van der Waals surface area contributed by atoms with Crippen LogP contribution in [-0.2, 0) is 23.1 Å². The standard InChI is InChI=1S/C23H19F4N5O4S/c24-20(25)19(33)18-12-28-14-31(18)10-11-37(34,35)32(17-4-2-1-3-5-17)13-15-6-8-16(9-7-15)22-29-30-23(36-22)21(26)27/h1-9,12,14,20-21H,10-11,13H2. The molecule has 0 aliphatic heterocycles. The topological polar surface area (TPSA) is 111 Å². The Morgan fingerprint density at radius 1 is 1.00 bits per heavy atom. The van der Waals surface area contributed by atoms with Gasteiger partial charge in [0.25, 0.3) is 5.89 Å². The van der Waals surface area contributed by atoms with Gasteiger partial charge in [-0.3, -0.25) is 9.10 Å². The molecule has 0 fully saturated rings. The number of halogens is 4. The lowest BCUT2D eigenvalue weighted by Crippen LogP contribution is -2.34. The summed E-state index contributed by atoms with van der Waals surface area (Å²) in [5.74, 6) is -2.87.